The van der Waals surface area contributed by atoms with Gasteiger partial charge in [0, 0.05) is 5.56 Å². The fourth-order valence-corrected chi connectivity index (χ4v) is 1.48. The molecule has 13 heavy (non-hydrogen) atoms. The van der Waals surface area contributed by atoms with Gasteiger partial charge in [0.15, 0.2) is 11.6 Å². The quantitative estimate of drug-likeness (QED) is 0.508. The van der Waals surface area contributed by atoms with Crippen LogP contribution in [0.4, 0.5) is 10.1 Å². The van der Waals surface area contributed by atoms with E-state index in [0.29, 0.717) is 5.56 Å². The Labute approximate surface area is 88.0 Å². The van der Waals surface area contributed by atoms with E-state index in [4.69, 9.17) is 17.3 Å². The number of carbonyl (C=O) groups is 1. The Bertz CT molecular complexity index is 333. The molecular formula is C8H6BrClFNO. The van der Waals surface area contributed by atoms with Crippen molar-refractivity contribution in [2.45, 2.75) is 0 Å². The molecule has 0 aliphatic rings. The molecule has 0 heterocycles. The third-order valence-electron chi connectivity index (χ3n) is 1.50. The van der Waals surface area contributed by atoms with E-state index in [2.05, 4.69) is 15.9 Å². The normalized spacial score (nSPS) is 10.1. The molecular weight excluding hydrogens is 260 g/mol. The number of alkyl halides is 1. The molecule has 0 aliphatic heterocycles. The zero-order valence-corrected chi connectivity index (χ0v) is 8.82. The standard InChI is InChI=1S/C8H6BrClFNO/c9-5-1-4(7(13)3-10)2-6(12)8(5)11/h1-2H,3,12H2. The number of rotatable bonds is 2. The van der Waals surface area contributed by atoms with Crippen molar-refractivity contribution in [2.24, 2.45) is 0 Å². The highest BCUT2D eigenvalue weighted by molar-refractivity contribution is 9.10. The maximum Gasteiger partial charge on any atom is 0.177 e. The maximum absolute atomic E-state index is 13.0. The summed E-state index contributed by atoms with van der Waals surface area (Å²) in [5.41, 5.74) is 5.55. The Morgan fingerprint density at radius 3 is 2.69 bits per heavy atom. The number of benzene rings is 1. The van der Waals surface area contributed by atoms with Gasteiger partial charge in [0.2, 0.25) is 0 Å². The van der Waals surface area contributed by atoms with Crippen molar-refractivity contribution in [1.29, 1.82) is 0 Å². The van der Waals surface area contributed by atoms with E-state index >= 15 is 0 Å². The monoisotopic (exact) mass is 265 g/mol. The summed E-state index contributed by atoms with van der Waals surface area (Å²) >= 11 is 8.28. The molecule has 1 aromatic carbocycles. The highest BCUT2D eigenvalue weighted by Crippen LogP contribution is 2.23. The van der Waals surface area contributed by atoms with Gasteiger partial charge < -0.3 is 5.73 Å². The van der Waals surface area contributed by atoms with Gasteiger partial charge in [-0.1, -0.05) is 0 Å². The second kappa shape index (κ2) is 4.07. The van der Waals surface area contributed by atoms with Crippen molar-refractivity contribution in [3.63, 3.8) is 0 Å². The third kappa shape index (κ3) is 2.19. The first-order chi connectivity index (χ1) is 6.06. The molecule has 2 nitrogen and oxygen atoms in total. The lowest BCUT2D eigenvalue weighted by Gasteiger charge is -2.02. The Balaban J connectivity index is 3.20. The molecule has 0 atom stereocenters. The van der Waals surface area contributed by atoms with E-state index in [1.54, 1.807) is 0 Å². The van der Waals surface area contributed by atoms with E-state index in [9.17, 15) is 9.18 Å². The van der Waals surface area contributed by atoms with Gasteiger partial charge >= 0.3 is 0 Å². The van der Waals surface area contributed by atoms with Crippen LogP contribution in [0.3, 0.4) is 0 Å². The van der Waals surface area contributed by atoms with Crippen LogP contribution in [0.25, 0.3) is 0 Å². The van der Waals surface area contributed by atoms with Crippen molar-refractivity contribution < 1.29 is 9.18 Å². The van der Waals surface area contributed by atoms with Gasteiger partial charge in [-0.25, -0.2) is 4.39 Å². The predicted octanol–water partition coefficient (Wildman–Crippen LogP) is 2.59. The van der Waals surface area contributed by atoms with Gasteiger partial charge in [0.25, 0.3) is 0 Å². The number of halogens is 3. The number of nitrogens with two attached hydrogens (primary N) is 1. The van der Waals surface area contributed by atoms with Crippen LogP contribution in [-0.4, -0.2) is 11.7 Å². The van der Waals surface area contributed by atoms with Gasteiger partial charge in [-0.3, -0.25) is 4.79 Å². The molecule has 0 aromatic heterocycles. The number of anilines is 1. The minimum absolute atomic E-state index is 0.0668. The summed E-state index contributed by atoms with van der Waals surface area (Å²) in [4.78, 5) is 11.1. The minimum Gasteiger partial charge on any atom is -0.396 e. The molecule has 0 radical (unpaired) electrons. The molecule has 0 saturated heterocycles. The van der Waals surface area contributed by atoms with Crippen molar-refractivity contribution in [1.82, 2.24) is 0 Å². The maximum atomic E-state index is 13.0. The first-order valence-electron chi connectivity index (χ1n) is 3.40. The zero-order chi connectivity index (χ0) is 10.0. The highest BCUT2D eigenvalue weighted by Gasteiger charge is 2.10. The van der Waals surface area contributed by atoms with E-state index < -0.39 is 5.82 Å². The fourth-order valence-electron chi connectivity index (χ4n) is 0.848. The Morgan fingerprint density at radius 2 is 2.23 bits per heavy atom. The lowest BCUT2D eigenvalue weighted by molar-refractivity contribution is 0.102. The van der Waals surface area contributed by atoms with Gasteiger partial charge in [-0.05, 0) is 28.1 Å². The Hall–Kier alpha value is -0.610. The number of ketones is 1. The van der Waals surface area contributed by atoms with Crippen LogP contribution in [0, 0.1) is 5.82 Å². The van der Waals surface area contributed by atoms with Crippen molar-refractivity contribution in [2.75, 3.05) is 11.6 Å². The minimum atomic E-state index is -0.564. The number of hydrogen-bond donors (Lipinski definition) is 1. The van der Waals surface area contributed by atoms with E-state index in [-0.39, 0.29) is 21.8 Å². The van der Waals surface area contributed by atoms with Crippen molar-refractivity contribution in [3.8, 4) is 0 Å². The first-order valence-corrected chi connectivity index (χ1v) is 4.72. The second-order valence-corrected chi connectivity index (χ2v) is 3.54. The molecule has 0 bridgehead atoms. The van der Waals surface area contributed by atoms with E-state index in [0.717, 1.165) is 0 Å². The zero-order valence-electron chi connectivity index (χ0n) is 6.48. The third-order valence-corrected chi connectivity index (χ3v) is 2.32. The van der Waals surface area contributed by atoms with Crippen LogP contribution < -0.4 is 5.73 Å². The summed E-state index contributed by atoms with van der Waals surface area (Å²) in [6.07, 6.45) is 0. The van der Waals surface area contributed by atoms with Crippen LogP contribution in [-0.2, 0) is 0 Å². The SMILES string of the molecule is Nc1cc(C(=O)CCl)cc(Br)c1F. The van der Waals surface area contributed by atoms with E-state index in [1.165, 1.54) is 12.1 Å². The lowest BCUT2D eigenvalue weighted by Crippen LogP contribution is -2.03. The molecule has 0 spiro atoms. The van der Waals surface area contributed by atoms with Crippen LogP contribution in [0.15, 0.2) is 16.6 Å². The number of hydrogen-bond acceptors (Lipinski definition) is 2. The van der Waals surface area contributed by atoms with Gasteiger partial charge in [0.05, 0.1) is 16.0 Å². The van der Waals surface area contributed by atoms with Crippen LogP contribution in [0.5, 0.6) is 0 Å². The summed E-state index contributed by atoms with van der Waals surface area (Å²) in [5, 5.41) is 0. The van der Waals surface area contributed by atoms with Crippen LogP contribution >= 0.6 is 27.5 Å². The fraction of sp³-hybridized carbons (Fsp3) is 0.125. The van der Waals surface area contributed by atoms with Crippen LogP contribution in [0.1, 0.15) is 10.4 Å². The topological polar surface area (TPSA) is 43.1 Å². The summed E-state index contributed by atoms with van der Waals surface area (Å²) in [7, 11) is 0. The smallest absolute Gasteiger partial charge is 0.177 e. The molecule has 2 N–H and O–H groups in total. The molecule has 70 valence electrons. The lowest BCUT2D eigenvalue weighted by atomic mass is 10.1. The number of carbonyl (C=O) groups excluding carboxylic acids is 1. The average Bonchev–Trinajstić information content (AvgIpc) is 2.12. The largest absolute Gasteiger partial charge is 0.396 e. The molecule has 0 saturated carbocycles. The average molecular weight is 266 g/mol. The van der Waals surface area contributed by atoms with Gasteiger partial charge in [0.1, 0.15) is 0 Å². The van der Waals surface area contributed by atoms with Crippen molar-refractivity contribution in [3.05, 3.63) is 28.0 Å². The predicted molar refractivity (Wildman–Crippen MR) is 53.6 cm³/mol. The number of nitrogen functional groups attached to an aromatic ring is 1. The van der Waals surface area contributed by atoms with Crippen molar-refractivity contribution >= 4 is 39.0 Å². The van der Waals surface area contributed by atoms with Gasteiger partial charge in [-0.15, -0.1) is 11.6 Å². The Morgan fingerprint density at radius 1 is 1.62 bits per heavy atom. The molecule has 0 amide bonds. The molecule has 1 rings (SSSR count). The van der Waals surface area contributed by atoms with Crippen LogP contribution in [0.2, 0.25) is 0 Å². The molecule has 1 aromatic rings. The molecule has 0 aliphatic carbocycles. The molecule has 0 unspecified atom stereocenters. The summed E-state index contributed by atoms with van der Waals surface area (Å²) in [6, 6.07) is 2.63. The van der Waals surface area contributed by atoms with E-state index in [1.807, 2.05) is 0 Å². The molecule has 5 heteroatoms. The number of Topliss-reactive ketones (excluding diaryl/α,β-unsaturated/α-hetero) is 1. The summed E-state index contributed by atoms with van der Waals surface area (Å²) in [6.45, 7) is 0. The summed E-state index contributed by atoms with van der Waals surface area (Å²) < 4.78 is 13.1. The summed E-state index contributed by atoms with van der Waals surface area (Å²) in [5.74, 6) is -0.988. The highest BCUT2D eigenvalue weighted by atomic mass is 79.9. The first kappa shape index (κ1) is 10.5. The second-order valence-electron chi connectivity index (χ2n) is 2.42. The van der Waals surface area contributed by atoms with Gasteiger partial charge in [-0.2, -0.15) is 0 Å². The molecule has 0 fully saturated rings. The Kier molecular flexibility index (Phi) is 3.27.